The summed E-state index contributed by atoms with van der Waals surface area (Å²) in [5.74, 6) is -0.955. The van der Waals surface area contributed by atoms with Crippen LogP contribution in [0.2, 0.25) is 0 Å². The van der Waals surface area contributed by atoms with Gasteiger partial charge in [-0.3, -0.25) is 19.2 Å². The Morgan fingerprint density at radius 3 is 2.39 bits per heavy atom. The van der Waals surface area contributed by atoms with Gasteiger partial charge in [-0.05, 0) is 62.1 Å². The molecule has 1 saturated heterocycles. The highest BCUT2D eigenvalue weighted by Gasteiger charge is 2.34. The molecule has 2 aliphatic rings. The molecule has 1 saturated carbocycles. The molecule has 10 heteroatoms. The maximum Gasteiger partial charge on any atom is 0.305 e. The summed E-state index contributed by atoms with van der Waals surface area (Å²) in [6, 6.07) is 20.7. The third kappa shape index (κ3) is 8.15. The van der Waals surface area contributed by atoms with E-state index in [2.05, 4.69) is 15.5 Å². The Hall–Kier alpha value is -4.86. The van der Waals surface area contributed by atoms with Crippen LogP contribution in [0.3, 0.4) is 0 Å². The van der Waals surface area contributed by atoms with Crippen molar-refractivity contribution in [3.05, 3.63) is 89.5 Å². The van der Waals surface area contributed by atoms with Crippen LogP contribution in [0.25, 0.3) is 0 Å². The first-order valence-corrected chi connectivity index (χ1v) is 15.0. The predicted octanol–water partition coefficient (Wildman–Crippen LogP) is 4.41. The van der Waals surface area contributed by atoms with Crippen LogP contribution in [0, 0.1) is 12.8 Å². The van der Waals surface area contributed by atoms with E-state index in [1.165, 1.54) is 0 Å². The Balaban J connectivity index is 1.36. The van der Waals surface area contributed by atoms with Crippen molar-refractivity contribution in [3.63, 3.8) is 0 Å². The topological polar surface area (TPSA) is 128 Å². The second-order valence-electron chi connectivity index (χ2n) is 11.4. The molecule has 0 radical (unpaired) electrons. The Morgan fingerprint density at radius 2 is 1.68 bits per heavy atom. The van der Waals surface area contributed by atoms with Crippen LogP contribution in [-0.4, -0.2) is 66.5 Å². The van der Waals surface area contributed by atoms with E-state index in [-0.39, 0.29) is 30.4 Å². The molecule has 10 nitrogen and oxygen atoms in total. The zero-order valence-electron chi connectivity index (χ0n) is 24.8. The molecule has 2 fully saturated rings. The highest BCUT2D eigenvalue weighted by molar-refractivity contribution is 6.00. The highest BCUT2D eigenvalue weighted by atomic mass is 16.5. The number of carboxylic acid groups (broad SMARTS) is 1. The molecule has 1 atom stereocenters. The number of anilines is 2. The summed E-state index contributed by atoms with van der Waals surface area (Å²) in [5, 5.41) is 15.3. The lowest BCUT2D eigenvalue weighted by atomic mass is 10.0. The Bertz CT molecular complexity index is 1490. The fourth-order valence-corrected chi connectivity index (χ4v) is 5.34. The van der Waals surface area contributed by atoms with Crippen molar-refractivity contribution >= 4 is 35.1 Å². The number of aliphatic carboxylic acids is 1. The summed E-state index contributed by atoms with van der Waals surface area (Å²) >= 11 is 0. The Kier molecular flexibility index (Phi) is 9.79. The van der Waals surface area contributed by atoms with Crippen molar-refractivity contribution in [2.24, 2.45) is 5.92 Å². The summed E-state index contributed by atoms with van der Waals surface area (Å²) < 4.78 is 5.63. The number of rotatable bonds is 11. The molecule has 1 heterocycles. The highest BCUT2D eigenvalue weighted by Crippen LogP contribution is 2.33. The summed E-state index contributed by atoms with van der Waals surface area (Å²) in [5.41, 5.74) is 3.15. The molecule has 3 N–H and O–H groups in total. The quantitative estimate of drug-likeness (QED) is 0.298. The first-order valence-electron chi connectivity index (χ1n) is 15.0. The average molecular weight is 599 g/mol. The van der Waals surface area contributed by atoms with Crippen LogP contribution in [0.15, 0.2) is 72.8 Å². The summed E-state index contributed by atoms with van der Waals surface area (Å²) in [7, 11) is 0. The molecule has 3 aromatic rings. The predicted molar refractivity (Wildman–Crippen MR) is 167 cm³/mol. The summed E-state index contributed by atoms with van der Waals surface area (Å²) in [4.78, 5) is 54.9. The lowest BCUT2D eigenvalue weighted by Gasteiger charge is -2.27. The van der Waals surface area contributed by atoms with E-state index < -0.39 is 23.8 Å². The van der Waals surface area contributed by atoms with E-state index in [0.717, 1.165) is 30.5 Å². The van der Waals surface area contributed by atoms with Crippen LogP contribution in [0.1, 0.15) is 53.2 Å². The van der Waals surface area contributed by atoms with Gasteiger partial charge in [0, 0.05) is 37.7 Å². The van der Waals surface area contributed by atoms with Gasteiger partial charge in [0.1, 0.15) is 5.75 Å². The van der Waals surface area contributed by atoms with E-state index in [1.807, 2.05) is 42.2 Å². The van der Waals surface area contributed by atoms with Gasteiger partial charge in [0.05, 0.1) is 23.8 Å². The summed E-state index contributed by atoms with van der Waals surface area (Å²) in [6.45, 7) is 4.23. The van der Waals surface area contributed by atoms with E-state index >= 15 is 0 Å². The van der Waals surface area contributed by atoms with Crippen molar-refractivity contribution in [2.75, 3.05) is 43.0 Å². The zero-order valence-corrected chi connectivity index (χ0v) is 24.8. The standard InChI is InChI=1S/C34H38N4O6/c1-23-8-10-24(11-9-23)28(21-32(40)41)36-33(42)26-14-15-30(37-16-5-17-38(19-18-37)34(43)25-12-13-25)29(20-26)35-31(39)22-44-27-6-3-2-4-7-27/h2-4,6-11,14-15,20,25,28H,5,12-13,16-19,21-22H2,1H3,(H,35,39)(H,36,42)(H,40,41). The maximum atomic E-state index is 13.5. The molecule has 1 aliphatic carbocycles. The fourth-order valence-electron chi connectivity index (χ4n) is 5.34. The molecule has 0 aromatic heterocycles. The van der Waals surface area contributed by atoms with Crippen molar-refractivity contribution in [1.29, 1.82) is 0 Å². The molecule has 44 heavy (non-hydrogen) atoms. The average Bonchev–Trinajstić information content (AvgIpc) is 3.88. The molecule has 1 aliphatic heterocycles. The van der Waals surface area contributed by atoms with Gasteiger partial charge < -0.3 is 30.3 Å². The minimum atomic E-state index is -1.03. The van der Waals surface area contributed by atoms with Crippen LogP contribution < -0.4 is 20.3 Å². The van der Waals surface area contributed by atoms with Gasteiger partial charge in [-0.2, -0.15) is 0 Å². The van der Waals surface area contributed by atoms with Crippen molar-refractivity contribution in [1.82, 2.24) is 10.2 Å². The van der Waals surface area contributed by atoms with Crippen molar-refractivity contribution < 1.29 is 29.0 Å². The number of para-hydroxylation sites is 1. The normalized spacial score (nSPS) is 15.6. The molecule has 0 spiro atoms. The number of amides is 3. The largest absolute Gasteiger partial charge is 0.484 e. The van der Waals surface area contributed by atoms with Gasteiger partial charge in [0.2, 0.25) is 5.91 Å². The number of nitrogens with zero attached hydrogens (tertiary/aromatic N) is 2. The van der Waals surface area contributed by atoms with Gasteiger partial charge in [-0.15, -0.1) is 0 Å². The van der Waals surface area contributed by atoms with Crippen LogP contribution >= 0.6 is 0 Å². The van der Waals surface area contributed by atoms with E-state index in [9.17, 15) is 24.3 Å². The smallest absolute Gasteiger partial charge is 0.305 e. The van der Waals surface area contributed by atoms with Gasteiger partial charge in [0.15, 0.2) is 6.61 Å². The molecule has 5 rings (SSSR count). The number of hydrogen-bond acceptors (Lipinski definition) is 6. The molecular weight excluding hydrogens is 560 g/mol. The number of aryl methyl sites for hydroxylation is 1. The third-order valence-corrected chi connectivity index (χ3v) is 7.88. The molecule has 3 aromatic carbocycles. The Labute approximate surface area is 257 Å². The van der Waals surface area contributed by atoms with Gasteiger partial charge in [-0.25, -0.2) is 0 Å². The number of carboxylic acids is 1. The number of ether oxygens (including phenoxy) is 1. The minimum Gasteiger partial charge on any atom is -0.484 e. The van der Waals surface area contributed by atoms with Crippen molar-refractivity contribution in [3.8, 4) is 5.75 Å². The fraction of sp³-hybridized carbons (Fsp3) is 0.353. The number of benzene rings is 3. The lowest BCUT2D eigenvalue weighted by Crippen LogP contribution is -2.36. The van der Waals surface area contributed by atoms with Crippen LogP contribution in [0.4, 0.5) is 11.4 Å². The summed E-state index contributed by atoms with van der Waals surface area (Å²) in [6.07, 6.45) is 2.41. The number of nitrogens with one attached hydrogen (secondary N) is 2. The minimum absolute atomic E-state index is 0.156. The zero-order chi connectivity index (χ0) is 31.1. The second kappa shape index (κ2) is 14.1. The molecule has 3 amide bonds. The number of hydrogen-bond donors (Lipinski definition) is 3. The van der Waals surface area contributed by atoms with E-state index in [4.69, 9.17) is 4.74 Å². The second-order valence-corrected chi connectivity index (χ2v) is 11.4. The number of carbonyl (C=O) groups excluding carboxylic acids is 3. The van der Waals surface area contributed by atoms with E-state index in [1.54, 1.807) is 42.5 Å². The number of carbonyl (C=O) groups is 4. The van der Waals surface area contributed by atoms with Crippen LogP contribution in [0.5, 0.6) is 5.75 Å². The molecule has 230 valence electrons. The van der Waals surface area contributed by atoms with E-state index in [0.29, 0.717) is 43.2 Å². The first kappa shape index (κ1) is 30.6. The first-order chi connectivity index (χ1) is 21.3. The van der Waals surface area contributed by atoms with Crippen molar-refractivity contribution in [2.45, 2.75) is 38.6 Å². The third-order valence-electron chi connectivity index (χ3n) is 7.88. The van der Waals surface area contributed by atoms with Crippen LogP contribution in [-0.2, 0) is 14.4 Å². The SMILES string of the molecule is Cc1ccc(C(CC(=O)O)NC(=O)c2ccc(N3CCCN(C(=O)C4CC4)CC3)c(NC(=O)COc3ccccc3)c2)cc1. The molecule has 1 unspecified atom stereocenters. The lowest BCUT2D eigenvalue weighted by molar-refractivity contribution is -0.137. The van der Waals surface area contributed by atoms with Gasteiger partial charge in [0.25, 0.3) is 11.8 Å². The Morgan fingerprint density at radius 1 is 0.932 bits per heavy atom. The molecular formula is C34H38N4O6. The van der Waals surface area contributed by atoms with Gasteiger partial charge in [-0.1, -0.05) is 48.0 Å². The monoisotopic (exact) mass is 598 g/mol. The maximum absolute atomic E-state index is 13.5. The van der Waals surface area contributed by atoms with Gasteiger partial charge >= 0.3 is 5.97 Å². The molecule has 0 bridgehead atoms.